The van der Waals surface area contributed by atoms with E-state index in [9.17, 15) is 14.0 Å². The molecular formula is C19H24FN5O3. The lowest BCUT2D eigenvalue weighted by Gasteiger charge is -2.31. The normalized spacial score (nSPS) is 16.8. The molecule has 0 N–H and O–H groups in total. The zero-order chi connectivity index (χ0) is 19.9. The Bertz CT molecular complexity index is 808. The number of carbonyl (C=O) groups is 2. The summed E-state index contributed by atoms with van der Waals surface area (Å²) >= 11 is 0. The Balaban J connectivity index is 1.55. The van der Waals surface area contributed by atoms with Gasteiger partial charge in [-0.3, -0.25) is 9.59 Å². The predicted octanol–water partition coefficient (Wildman–Crippen LogP) is 2.21. The summed E-state index contributed by atoms with van der Waals surface area (Å²) in [6.07, 6.45) is 3.32. The number of rotatable bonds is 7. The first-order valence-electron chi connectivity index (χ1n) is 9.55. The Morgan fingerprint density at radius 3 is 2.82 bits per heavy atom. The quantitative estimate of drug-likeness (QED) is 0.675. The fourth-order valence-corrected chi connectivity index (χ4v) is 3.19. The lowest BCUT2D eigenvalue weighted by Crippen LogP contribution is -2.42. The summed E-state index contributed by atoms with van der Waals surface area (Å²) in [5.74, 6) is -0.837. The minimum atomic E-state index is -0.391. The summed E-state index contributed by atoms with van der Waals surface area (Å²) < 4.78 is 20.1. The molecule has 1 saturated heterocycles. The van der Waals surface area contributed by atoms with Crippen LogP contribution in [0.2, 0.25) is 0 Å². The standard InChI is InChI=1S/C19H24FN5O3/c1-2-3-11-25-17(21-22-23-25)13-28-19(27)15-5-4-10-24(12-15)18(26)14-6-8-16(20)9-7-14/h6-9,15H,2-5,10-13H2,1H3. The molecule has 1 fully saturated rings. The molecule has 1 aromatic heterocycles. The lowest BCUT2D eigenvalue weighted by atomic mass is 9.97. The SMILES string of the molecule is CCCCn1nnnc1COC(=O)C1CCCN(C(=O)c2ccc(F)cc2)C1. The van der Waals surface area contributed by atoms with Gasteiger partial charge >= 0.3 is 5.97 Å². The van der Waals surface area contributed by atoms with Crippen molar-refractivity contribution in [3.05, 3.63) is 41.5 Å². The van der Waals surface area contributed by atoms with Gasteiger partial charge in [0.05, 0.1) is 5.92 Å². The van der Waals surface area contributed by atoms with Crippen molar-refractivity contribution in [1.82, 2.24) is 25.1 Å². The van der Waals surface area contributed by atoms with Crippen molar-refractivity contribution < 1.29 is 18.7 Å². The molecule has 3 rings (SSSR count). The van der Waals surface area contributed by atoms with Crippen molar-refractivity contribution in [2.45, 2.75) is 45.8 Å². The molecule has 2 aromatic rings. The van der Waals surface area contributed by atoms with Gasteiger partial charge in [0.15, 0.2) is 12.4 Å². The molecule has 9 heteroatoms. The highest BCUT2D eigenvalue weighted by Gasteiger charge is 2.30. The van der Waals surface area contributed by atoms with E-state index in [1.54, 1.807) is 9.58 Å². The number of halogens is 1. The van der Waals surface area contributed by atoms with E-state index in [0.717, 1.165) is 12.8 Å². The molecule has 28 heavy (non-hydrogen) atoms. The third-order valence-corrected chi connectivity index (χ3v) is 4.81. The highest BCUT2D eigenvalue weighted by molar-refractivity contribution is 5.94. The van der Waals surface area contributed by atoms with Gasteiger partial charge in [-0.15, -0.1) is 5.10 Å². The van der Waals surface area contributed by atoms with Crippen LogP contribution < -0.4 is 0 Å². The van der Waals surface area contributed by atoms with Gasteiger partial charge in [-0.05, 0) is 54.0 Å². The zero-order valence-electron chi connectivity index (χ0n) is 15.9. The van der Waals surface area contributed by atoms with E-state index in [0.29, 0.717) is 37.3 Å². The summed E-state index contributed by atoms with van der Waals surface area (Å²) in [5.41, 5.74) is 0.408. The number of piperidine rings is 1. The first-order chi connectivity index (χ1) is 13.6. The molecule has 0 aliphatic carbocycles. The first kappa shape index (κ1) is 19.9. The van der Waals surface area contributed by atoms with Crippen molar-refractivity contribution in [1.29, 1.82) is 0 Å². The van der Waals surface area contributed by atoms with E-state index in [1.807, 2.05) is 0 Å². The van der Waals surface area contributed by atoms with Crippen LogP contribution in [0.1, 0.15) is 48.8 Å². The fraction of sp³-hybridized carbons (Fsp3) is 0.526. The second kappa shape index (κ2) is 9.38. The molecule has 1 atom stereocenters. The molecule has 1 aliphatic rings. The van der Waals surface area contributed by atoms with Crippen LogP contribution in [0.5, 0.6) is 0 Å². The fourth-order valence-electron chi connectivity index (χ4n) is 3.19. The predicted molar refractivity (Wildman–Crippen MR) is 97.5 cm³/mol. The molecule has 0 bridgehead atoms. The van der Waals surface area contributed by atoms with Crippen LogP contribution in [0.4, 0.5) is 4.39 Å². The molecule has 0 saturated carbocycles. The van der Waals surface area contributed by atoms with Gasteiger partial charge in [-0.2, -0.15) is 0 Å². The van der Waals surface area contributed by atoms with E-state index in [2.05, 4.69) is 22.4 Å². The van der Waals surface area contributed by atoms with Crippen LogP contribution in [-0.4, -0.2) is 50.1 Å². The highest BCUT2D eigenvalue weighted by atomic mass is 19.1. The monoisotopic (exact) mass is 389 g/mol. The van der Waals surface area contributed by atoms with Crippen molar-refractivity contribution in [3.63, 3.8) is 0 Å². The second-order valence-electron chi connectivity index (χ2n) is 6.88. The largest absolute Gasteiger partial charge is 0.457 e. The number of benzene rings is 1. The summed E-state index contributed by atoms with van der Waals surface area (Å²) in [7, 11) is 0. The summed E-state index contributed by atoms with van der Waals surface area (Å²) in [4.78, 5) is 26.7. The van der Waals surface area contributed by atoms with Gasteiger partial charge in [-0.25, -0.2) is 9.07 Å². The Morgan fingerprint density at radius 1 is 1.29 bits per heavy atom. The number of hydrogen-bond donors (Lipinski definition) is 0. The number of aromatic nitrogens is 4. The van der Waals surface area contributed by atoms with E-state index < -0.39 is 11.7 Å². The summed E-state index contributed by atoms with van der Waals surface area (Å²) in [5, 5.41) is 11.4. The van der Waals surface area contributed by atoms with E-state index in [-0.39, 0.29) is 25.0 Å². The number of likely N-dealkylation sites (tertiary alicyclic amines) is 1. The van der Waals surface area contributed by atoms with Crippen molar-refractivity contribution >= 4 is 11.9 Å². The Morgan fingerprint density at radius 2 is 2.07 bits per heavy atom. The van der Waals surface area contributed by atoms with Gasteiger partial charge < -0.3 is 9.64 Å². The van der Waals surface area contributed by atoms with Crippen LogP contribution in [0.3, 0.4) is 0 Å². The molecule has 1 aliphatic heterocycles. The maximum atomic E-state index is 13.1. The lowest BCUT2D eigenvalue weighted by molar-refractivity contribution is -0.151. The van der Waals surface area contributed by atoms with Crippen molar-refractivity contribution in [3.8, 4) is 0 Å². The zero-order valence-corrected chi connectivity index (χ0v) is 15.9. The average Bonchev–Trinajstić information content (AvgIpc) is 3.18. The van der Waals surface area contributed by atoms with Crippen molar-refractivity contribution in [2.24, 2.45) is 5.92 Å². The molecular weight excluding hydrogens is 365 g/mol. The molecule has 1 unspecified atom stereocenters. The van der Waals surface area contributed by atoms with Gasteiger partial charge in [0.2, 0.25) is 0 Å². The molecule has 150 valence electrons. The minimum absolute atomic E-state index is 0.0119. The molecule has 0 radical (unpaired) electrons. The van der Waals surface area contributed by atoms with Crippen LogP contribution in [0, 0.1) is 11.7 Å². The van der Waals surface area contributed by atoms with Crippen LogP contribution in [0.25, 0.3) is 0 Å². The number of esters is 1. The molecule has 8 nitrogen and oxygen atoms in total. The molecule has 1 aromatic carbocycles. The number of carbonyl (C=O) groups excluding carboxylic acids is 2. The first-order valence-corrected chi connectivity index (χ1v) is 9.55. The number of ether oxygens (including phenoxy) is 1. The van der Waals surface area contributed by atoms with Gasteiger partial charge in [0, 0.05) is 25.2 Å². The highest BCUT2D eigenvalue weighted by Crippen LogP contribution is 2.20. The summed E-state index contributed by atoms with van der Waals surface area (Å²) in [6, 6.07) is 5.42. The Hall–Kier alpha value is -2.84. The number of aryl methyl sites for hydroxylation is 1. The Labute approximate surface area is 162 Å². The minimum Gasteiger partial charge on any atom is -0.457 e. The van der Waals surface area contributed by atoms with Gasteiger partial charge in [0.25, 0.3) is 5.91 Å². The third-order valence-electron chi connectivity index (χ3n) is 4.81. The topological polar surface area (TPSA) is 90.2 Å². The number of nitrogens with zero attached hydrogens (tertiary/aromatic N) is 5. The number of unbranched alkanes of at least 4 members (excludes halogenated alkanes) is 1. The van der Waals surface area contributed by atoms with Gasteiger partial charge in [0.1, 0.15) is 5.82 Å². The molecule has 0 spiro atoms. The third kappa shape index (κ3) is 4.90. The van der Waals surface area contributed by atoms with Crippen LogP contribution in [0.15, 0.2) is 24.3 Å². The van der Waals surface area contributed by atoms with Gasteiger partial charge in [-0.1, -0.05) is 13.3 Å². The Kier molecular flexibility index (Phi) is 6.67. The van der Waals surface area contributed by atoms with E-state index in [4.69, 9.17) is 4.74 Å². The maximum absolute atomic E-state index is 13.1. The number of tetrazole rings is 1. The summed E-state index contributed by atoms with van der Waals surface area (Å²) in [6.45, 7) is 3.62. The van der Waals surface area contributed by atoms with Crippen LogP contribution >= 0.6 is 0 Å². The van der Waals surface area contributed by atoms with E-state index in [1.165, 1.54) is 24.3 Å². The number of amides is 1. The van der Waals surface area contributed by atoms with E-state index >= 15 is 0 Å². The van der Waals surface area contributed by atoms with Crippen LogP contribution in [-0.2, 0) is 22.7 Å². The maximum Gasteiger partial charge on any atom is 0.311 e. The second-order valence-corrected chi connectivity index (χ2v) is 6.88. The average molecular weight is 389 g/mol. The van der Waals surface area contributed by atoms with Crippen molar-refractivity contribution in [2.75, 3.05) is 13.1 Å². The molecule has 2 heterocycles. The smallest absolute Gasteiger partial charge is 0.311 e. The molecule has 1 amide bonds. The number of hydrogen-bond acceptors (Lipinski definition) is 6.